The van der Waals surface area contributed by atoms with Crippen LogP contribution in [-0.4, -0.2) is 38.9 Å². The number of azo groups is 1. The fourth-order valence-electron chi connectivity index (χ4n) is 3.48. The highest BCUT2D eigenvalue weighted by molar-refractivity contribution is 7.86. The van der Waals surface area contributed by atoms with Crippen molar-refractivity contribution in [3.05, 3.63) is 60.2 Å². The molecule has 3 aromatic carbocycles. The summed E-state index contributed by atoms with van der Waals surface area (Å²) < 4.78 is 33.9. The molecule has 0 radical (unpaired) electrons. The zero-order valence-corrected chi connectivity index (χ0v) is 20.2. The number of phenols is 1. The number of hydrogen-bond donors (Lipinski definition) is 4. The summed E-state index contributed by atoms with van der Waals surface area (Å²) in [7, 11) is -4.78. The molecule has 1 aromatic heterocycles. The summed E-state index contributed by atoms with van der Waals surface area (Å²) in [4.78, 5) is 23.3. The fraction of sp³-hybridized carbons (Fsp3) is 0.130. The number of aromatic nitrogens is 3. The summed E-state index contributed by atoms with van der Waals surface area (Å²) in [6.45, 7) is 4.81. The first-order valence-electron chi connectivity index (χ1n) is 10.5. The van der Waals surface area contributed by atoms with Gasteiger partial charge >= 0.3 is 0 Å². The van der Waals surface area contributed by atoms with Crippen LogP contribution in [0.5, 0.6) is 5.75 Å². The van der Waals surface area contributed by atoms with Gasteiger partial charge in [0.1, 0.15) is 22.2 Å². The SMILES string of the molecule is CC(=O)Nc1ccc2c(O)c(N=Nc3cccc(Nc4nc(C)nc(C)n4)c3)c(S(=O)(=O)O)cc2c1. The van der Waals surface area contributed by atoms with Crippen LogP contribution in [0.4, 0.5) is 28.7 Å². The molecule has 4 rings (SSSR count). The molecule has 0 saturated heterocycles. The van der Waals surface area contributed by atoms with Crippen LogP contribution in [0.2, 0.25) is 0 Å². The maximum Gasteiger partial charge on any atom is 0.296 e. The number of rotatable bonds is 6. The normalized spacial score (nSPS) is 11.7. The van der Waals surface area contributed by atoms with Crippen LogP contribution in [0.3, 0.4) is 0 Å². The minimum atomic E-state index is -4.78. The van der Waals surface area contributed by atoms with Gasteiger partial charge in [-0.15, -0.1) is 5.11 Å². The van der Waals surface area contributed by atoms with Gasteiger partial charge in [0.2, 0.25) is 11.9 Å². The monoisotopic (exact) mass is 507 g/mol. The first kappa shape index (κ1) is 24.6. The molecule has 13 heteroatoms. The average molecular weight is 508 g/mol. The van der Waals surface area contributed by atoms with Gasteiger partial charge in [-0.05, 0) is 61.7 Å². The van der Waals surface area contributed by atoms with Gasteiger partial charge < -0.3 is 15.7 Å². The van der Waals surface area contributed by atoms with E-state index in [1.165, 1.54) is 25.1 Å². The molecule has 0 fully saturated rings. The maximum atomic E-state index is 12.1. The lowest BCUT2D eigenvalue weighted by molar-refractivity contribution is -0.114. The third-order valence-electron chi connectivity index (χ3n) is 4.88. The Kier molecular flexibility index (Phi) is 6.59. The highest BCUT2D eigenvalue weighted by Crippen LogP contribution is 2.42. The number of carbonyl (C=O) groups excluding carboxylic acids is 1. The van der Waals surface area contributed by atoms with E-state index in [4.69, 9.17) is 0 Å². The Morgan fingerprint density at radius 3 is 2.33 bits per heavy atom. The Bertz CT molecular complexity index is 1620. The van der Waals surface area contributed by atoms with Gasteiger partial charge in [0.05, 0.1) is 5.69 Å². The van der Waals surface area contributed by atoms with Crippen LogP contribution in [0.15, 0.2) is 63.7 Å². The van der Waals surface area contributed by atoms with Crippen LogP contribution < -0.4 is 10.6 Å². The Hall–Kier alpha value is -4.49. The van der Waals surface area contributed by atoms with Crippen LogP contribution >= 0.6 is 0 Å². The van der Waals surface area contributed by atoms with E-state index in [0.29, 0.717) is 34.7 Å². The first-order valence-corrected chi connectivity index (χ1v) is 12.0. The Balaban J connectivity index is 1.73. The largest absolute Gasteiger partial charge is 0.505 e. The van der Waals surface area contributed by atoms with Crippen LogP contribution in [0, 0.1) is 13.8 Å². The molecule has 0 aliphatic carbocycles. The zero-order valence-electron chi connectivity index (χ0n) is 19.4. The molecule has 0 aliphatic rings. The van der Waals surface area contributed by atoms with Crippen LogP contribution in [-0.2, 0) is 14.9 Å². The van der Waals surface area contributed by atoms with Crippen molar-refractivity contribution in [3.63, 3.8) is 0 Å². The van der Waals surface area contributed by atoms with E-state index in [9.17, 15) is 22.9 Å². The third-order valence-corrected chi connectivity index (χ3v) is 5.74. The number of aryl methyl sites for hydroxylation is 2. The quantitative estimate of drug-likeness (QED) is 0.212. The number of hydrogen-bond acceptors (Lipinski definition) is 10. The van der Waals surface area contributed by atoms with E-state index >= 15 is 0 Å². The van der Waals surface area contributed by atoms with Crippen molar-refractivity contribution in [2.24, 2.45) is 10.2 Å². The van der Waals surface area contributed by atoms with Gasteiger partial charge in [-0.3, -0.25) is 9.35 Å². The van der Waals surface area contributed by atoms with Gasteiger partial charge in [0, 0.05) is 23.7 Å². The average Bonchev–Trinajstić information content (AvgIpc) is 2.76. The lowest BCUT2D eigenvalue weighted by Crippen LogP contribution is -2.05. The van der Waals surface area contributed by atoms with Gasteiger partial charge in [-0.2, -0.15) is 23.5 Å². The number of aromatic hydroxyl groups is 1. The molecule has 0 aliphatic heterocycles. The lowest BCUT2D eigenvalue weighted by atomic mass is 10.1. The predicted molar refractivity (Wildman–Crippen MR) is 133 cm³/mol. The highest BCUT2D eigenvalue weighted by atomic mass is 32.2. The molecular formula is C23H21N7O5S. The second-order valence-electron chi connectivity index (χ2n) is 7.79. The topological polar surface area (TPSA) is 179 Å². The minimum Gasteiger partial charge on any atom is -0.505 e. The molecule has 0 unspecified atom stereocenters. The standard InChI is InChI=1S/C23H21N7O5S/c1-12-24-13(2)26-23(25-12)28-16-5-4-6-18(11-16)29-30-21-20(36(33,34)35)10-15-9-17(27-14(3)31)7-8-19(15)22(21)32/h4-11,32H,1-3H3,(H,27,31)(H,33,34,35)(H,24,25,26,28). The second-order valence-corrected chi connectivity index (χ2v) is 9.18. The highest BCUT2D eigenvalue weighted by Gasteiger charge is 2.22. The molecule has 12 nitrogen and oxygen atoms in total. The number of fused-ring (bicyclic) bond motifs is 1. The number of carbonyl (C=O) groups is 1. The van der Waals surface area contributed by atoms with E-state index in [1.54, 1.807) is 38.1 Å². The van der Waals surface area contributed by atoms with Gasteiger partial charge in [-0.25, -0.2) is 4.98 Å². The summed E-state index contributed by atoms with van der Waals surface area (Å²) in [6, 6.07) is 12.3. The van der Waals surface area contributed by atoms with E-state index in [-0.39, 0.29) is 16.7 Å². The van der Waals surface area contributed by atoms with E-state index in [2.05, 4.69) is 35.8 Å². The van der Waals surface area contributed by atoms with Crippen LogP contribution in [0.1, 0.15) is 18.6 Å². The molecule has 0 saturated carbocycles. The lowest BCUT2D eigenvalue weighted by Gasteiger charge is -2.10. The van der Waals surface area contributed by atoms with Crippen molar-refractivity contribution in [2.45, 2.75) is 25.7 Å². The number of amides is 1. The zero-order chi connectivity index (χ0) is 26.0. The number of benzene rings is 3. The van der Waals surface area contributed by atoms with Crippen molar-refractivity contribution in [1.29, 1.82) is 0 Å². The predicted octanol–water partition coefficient (Wildman–Crippen LogP) is 4.71. The first-order chi connectivity index (χ1) is 17.0. The molecule has 0 bridgehead atoms. The molecule has 1 amide bonds. The summed E-state index contributed by atoms with van der Waals surface area (Å²) in [5.41, 5.74) is 0.862. The van der Waals surface area contributed by atoms with Crippen molar-refractivity contribution in [2.75, 3.05) is 10.6 Å². The maximum absolute atomic E-state index is 12.1. The smallest absolute Gasteiger partial charge is 0.296 e. The molecular weight excluding hydrogens is 486 g/mol. The summed E-state index contributed by atoms with van der Waals surface area (Å²) in [5, 5.41) is 24.9. The molecule has 4 aromatic rings. The number of phenolic OH excluding ortho intramolecular Hbond substituents is 1. The van der Waals surface area contributed by atoms with Crippen LogP contribution in [0.25, 0.3) is 10.8 Å². The van der Waals surface area contributed by atoms with Crippen molar-refractivity contribution in [1.82, 2.24) is 15.0 Å². The van der Waals surface area contributed by atoms with E-state index in [0.717, 1.165) is 6.07 Å². The van der Waals surface area contributed by atoms with Crippen molar-refractivity contribution < 1.29 is 22.9 Å². The molecule has 0 atom stereocenters. The minimum absolute atomic E-state index is 0.251. The summed E-state index contributed by atoms with van der Waals surface area (Å²) in [5.74, 6) is 0.623. The van der Waals surface area contributed by atoms with Crippen molar-refractivity contribution in [3.8, 4) is 5.75 Å². The Morgan fingerprint density at radius 2 is 1.67 bits per heavy atom. The van der Waals surface area contributed by atoms with Gasteiger partial charge in [0.25, 0.3) is 10.1 Å². The molecule has 1 heterocycles. The molecule has 0 spiro atoms. The number of nitrogens with zero attached hydrogens (tertiary/aromatic N) is 5. The Morgan fingerprint density at radius 1 is 0.944 bits per heavy atom. The van der Waals surface area contributed by atoms with Gasteiger partial charge in [-0.1, -0.05) is 6.07 Å². The summed E-state index contributed by atoms with van der Waals surface area (Å²) in [6.07, 6.45) is 0. The Labute approximate surface area is 205 Å². The summed E-state index contributed by atoms with van der Waals surface area (Å²) >= 11 is 0. The molecule has 4 N–H and O–H groups in total. The number of anilines is 3. The second kappa shape index (κ2) is 9.64. The number of nitrogens with one attached hydrogen (secondary N) is 2. The third kappa shape index (κ3) is 5.59. The molecule has 36 heavy (non-hydrogen) atoms. The fourth-order valence-corrected chi connectivity index (χ4v) is 4.14. The van der Waals surface area contributed by atoms with Crippen molar-refractivity contribution >= 4 is 55.5 Å². The van der Waals surface area contributed by atoms with E-state index in [1.807, 2.05) is 0 Å². The van der Waals surface area contributed by atoms with E-state index < -0.39 is 26.5 Å². The van der Waals surface area contributed by atoms with Gasteiger partial charge in [0.15, 0.2) is 5.75 Å². The molecule has 184 valence electrons.